The van der Waals surface area contributed by atoms with Crippen LogP contribution in [0.3, 0.4) is 0 Å². The highest BCUT2D eigenvalue weighted by atomic mass is 19.4. The fourth-order valence-electron chi connectivity index (χ4n) is 4.21. The molecule has 0 N–H and O–H groups in total. The Balaban J connectivity index is 1.75. The molecular weight excluding hydrogens is 285 g/mol. The molecule has 2 heterocycles. The first-order valence-electron chi connectivity index (χ1n) is 7.34. The fourth-order valence-corrected chi connectivity index (χ4v) is 4.21. The van der Waals surface area contributed by atoms with E-state index in [0.29, 0.717) is 19.4 Å². The average Bonchev–Trinajstić information content (AvgIpc) is 3.00. The lowest BCUT2D eigenvalue weighted by Gasteiger charge is -2.31. The lowest BCUT2D eigenvalue weighted by atomic mass is 9.80. The molecule has 3 aliphatic rings. The van der Waals surface area contributed by atoms with Gasteiger partial charge in [-0.25, -0.2) is 0 Å². The van der Waals surface area contributed by atoms with E-state index >= 15 is 0 Å². The van der Waals surface area contributed by atoms with Crippen LogP contribution in [0, 0.1) is 17.3 Å². The van der Waals surface area contributed by atoms with E-state index in [1.54, 1.807) is 7.05 Å². The van der Waals surface area contributed by atoms with E-state index in [0.717, 1.165) is 0 Å². The van der Waals surface area contributed by atoms with Gasteiger partial charge in [0.05, 0.1) is 11.3 Å². The van der Waals surface area contributed by atoms with Gasteiger partial charge in [-0.3, -0.25) is 9.59 Å². The molecule has 2 saturated heterocycles. The summed E-state index contributed by atoms with van der Waals surface area (Å²) in [6, 6.07) is 0. The lowest BCUT2D eigenvalue weighted by Crippen LogP contribution is -2.43. The highest BCUT2D eigenvalue weighted by molar-refractivity contribution is 5.89. The molecule has 0 aromatic rings. The third-order valence-electron chi connectivity index (χ3n) is 5.44. The van der Waals surface area contributed by atoms with E-state index in [1.807, 2.05) is 0 Å². The van der Waals surface area contributed by atoms with Crippen LogP contribution in [0.4, 0.5) is 13.2 Å². The lowest BCUT2D eigenvalue weighted by molar-refractivity contribution is -0.226. The van der Waals surface area contributed by atoms with Crippen molar-refractivity contribution >= 4 is 11.8 Å². The van der Waals surface area contributed by atoms with Crippen LogP contribution in [0.2, 0.25) is 0 Å². The quantitative estimate of drug-likeness (QED) is 0.739. The number of hydrogen-bond donors (Lipinski definition) is 0. The molecule has 0 spiro atoms. The van der Waals surface area contributed by atoms with Gasteiger partial charge in [-0.2, -0.15) is 13.2 Å². The van der Waals surface area contributed by atoms with Crippen LogP contribution in [0.1, 0.15) is 25.7 Å². The number of carbonyl (C=O) groups is 2. The minimum absolute atomic E-state index is 0.113. The molecule has 0 radical (unpaired) electrons. The van der Waals surface area contributed by atoms with Crippen molar-refractivity contribution in [3.63, 3.8) is 0 Å². The second-order valence-electron chi connectivity index (χ2n) is 6.64. The zero-order valence-electron chi connectivity index (χ0n) is 11.9. The predicted molar refractivity (Wildman–Crippen MR) is 68.2 cm³/mol. The number of likely N-dealkylation sites (tertiary alicyclic amines) is 2. The van der Waals surface area contributed by atoms with Crippen LogP contribution in [-0.2, 0) is 9.59 Å². The Morgan fingerprint density at radius 3 is 2.57 bits per heavy atom. The summed E-state index contributed by atoms with van der Waals surface area (Å²) in [6.07, 6.45) is -2.90. The molecule has 0 aromatic heterocycles. The van der Waals surface area contributed by atoms with Crippen molar-refractivity contribution in [2.75, 3.05) is 26.7 Å². The van der Waals surface area contributed by atoms with E-state index in [4.69, 9.17) is 0 Å². The van der Waals surface area contributed by atoms with Crippen LogP contribution < -0.4 is 0 Å². The maximum Gasteiger partial charge on any atom is 0.396 e. The smallest absolute Gasteiger partial charge is 0.345 e. The SMILES string of the molecule is CN1CC(C(=O)N2C[C@@H]3CCC[C@]3(C(F)(F)F)C2)CC1=O. The second-order valence-corrected chi connectivity index (χ2v) is 6.64. The first-order valence-corrected chi connectivity index (χ1v) is 7.34. The van der Waals surface area contributed by atoms with Gasteiger partial charge in [-0.15, -0.1) is 0 Å². The minimum atomic E-state index is -4.26. The van der Waals surface area contributed by atoms with Gasteiger partial charge in [-0.1, -0.05) is 6.42 Å². The number of halogens is 3. The van der Waals surface area contributed by atoms with Gasteiger partial charge in [0.25, 0.3) is 0 Å². The van der Waals surface area contributed by atoms with Crippen molar-refractivity contribution in [3.05, 3.63) is 0 Å². The van der Waals surface area contributed by atoms with Crippen LogP contribution in [0.5, 0.6) is 0 Å². The van der Waals surface area contributed by atoms with Gasteiger partial charge in [-0.05, 0) is 18.8 Å². The summed E-state index contributed by atoms with van der Waals surface area (Å²) in [5.74, 6) is -1.35. The number of rotatable bonds is 1. The van der Waals surface area contributed by atoms with Gasteiger partial charge in [0.15, 0.2) is 0 Å². The third kappa shape index (κ3) is 2.12. The standard InChI is InChI=1S/C14H19F3N2O2/c1-18-6-9(5-11(18)20)12(21)19-7-10-3-2-4-13(10,8-19)14(15,16)17/h9-10H,2-8H2,1H3/t9?,10-,13-/m0/s1. The van der Waals surface area contributed by atoms with E-state index in [1.165, 1.54) is 9.80 Å². The van der Waals surface area contributed by atoms with Gasteiger partial charge in [0, 0.05) is 33.1 Å². The zero-order valence-corrected chi connectivity index (χ0v) is 11.9. The molecule has 4 nitrogen and oxygen atoms in total. The number of carbonyl (C=O) groups excluding carboxylic acids is 2. The Morgan fingerprint density at radius 1 is 1.33 bits per heavy atom. The third-order valence-corrected chi connectivity index (χ3v) is 5.44. The van der Waals surface area contributed by atoms with E-state index < -0.39 is 23.4 Å². The molecule has 1 aliphatic carbocycles. The van der Waals surface area contributed by atoms with Crippen molar-refractivity contribution in [1.29, 1.82) is 0 Å². The van der Waals surface area contributed by atoms with Crippen LogP contribution in [-0.4, -0.2) is 54.5 Å². The molecule has 21 heavy (non-hydrogen) atoms. The monoisotopic (exact) mass is 304 g/mol. The minimum Gasteiger partial charge on any atom is -0.345 e. The Kier molecular flexibility index (Phi) is 3.22. The molecule has 2 amide bonds. The van der Waals surface area contributed by atoms with Crippen LogP contribution in [0.25, 0.3) is 0 Å². The van der Waals surface area contributed by atoms with E-state index in [-0.39, 0.29) is 37.7 Å². The molecule has 118 valence electrons. The summed E-state index contributed by atoms with van der Waals surface area (Å²) >= 11 is 0. The first kappa shape index (κ1) is 14.7. The van der Waals surface area contributed by atoms with E-state index in [2.05, 4.69) is 0 Å². The molecule has 1 unspecified atom stereocenters. The summed E-state index contributed by atoms with van der Waals surface area (Å²) in [4.78, 5) is 26.7. The van der Waals surface area contributed by atoms with Crippen LogP contribution in [0.15, 0.2) is 0 Å². The molecule has 3 fully saturated rings. The molecule has 2 aliphatic heterocycles. The molecule has 7 heteroatoms. The maximum atomic E-state index is 13.4. The second kappa shape index (κ2) is 4.61. The molecular formula is C14H19F3N2O2. The molecule has 0 aromatic carbocycles. The average molecular weight is 304 g/mol. The number of amides is 2. The summed E-state index contributed by atoms with van der Waals surface area (Å²) in [6.45, 7) is 0.277. The van der Waals surface area contributed by atoms with Gasteiger partial charge < -0.3 is 9.80 Å². The molecule has 1 saturated carbocycles. The van der Waals surface area contributed by atoms with E-state index in [9.17, 15) is 22.8 Å². The molecule has 0 bridgehead atoms. The number of nitrogens with zero attached hydrogens (tertiary/aromatic N) is 2. The molecule has 3 rings (SSSR count). The van der Waals surface area contributed by atoms with Crippen molar-refractivity contribution in [3.8, 4) is 0 Å². The van der Waals surface area contributed by atoms with Crippen molar-refractivity contribution in [2.45, 2.75) is 31.9 Å². The number of alkyl halides is 3. The van der Waals surface area contributed by atoms with Gasteiger partial charge in [0.2, 0.25) is 11.8 Å². The van der Waals surface area contributed by atoms with Crippen LogP contribution >= 0.6 is 0 Å². The number of hydrogen-bond acceptors (Lipinski definition) is 2. The Bertz CT molecular complexity index is 479. The zero-order chi connectivity index (χ0) is 15.4. The summed E-state index contributed by atoms with van der Waals surface area (Å²) in [7, 11) is 1.62. The summed E-state index contributed by atoms with van der Waals surface area (Å²) in [5, 5.41) is 0. The largest absolute Gasteiger partial charge is 0.396 e. The normalized spacial score (nSPS) is 36.5. The van der Waals surface area contributed by atoms with Crippen molar-refractivity contribution in [2.24, 2.45) is 17.3 Å². The highest BCUT2D eigenvalue weighted by Crippen LogP contribution is 2.57. The van der Waals surface area contributed by atoms with Crippen molar-refractivity contribution in [1.82, 2.24) is 9.80 Å². The van der Waals surface area contributed by atoms with Gasteiger partial charge in [0.1, 0.15) is 0 Å². The summed E-state index contributed by atoms with van der Waals surface area (Å²) < 4.78 is 40.3. The Hall–Kier alpha value is -1.27. The topological polar surface area (TPSA) is 40.6 Å². The predicted octanol–water partition coefficient (Wildman–Crippen LogP) is 1.66. The number of fused-ring (bicyclic) bond motifs is 1. The fraction of sp³-hybridized carbons (Fsp3) is 0.857. The van der Waals surface area contributed by atoms with Gasteiger partial charge >= 0.3 is 6.18 Å². The van der Waals surface area contributed by atoms with Crippen molar-refractivity contribution < 1.29 is 22.8 Å². The highest BCUT2D eigenvalue weighted by Gasteiger charge is 2.65. The first-order chi connectivity index (χ1) is 9.74. The summed E-state index contributed by atoms with van der Waals surface area (Å²) in [5.41, 5.74) is -1.71. The maximum absolute atomic E-state index is 13.4. The Morgan fingerprint density at radius 2 is 2.05 bits per heavy atom. The molecule has 3 atom stereocenters. The Labute approximate surface area is 121 Å².